The second-order valence-corrected chi connectivity index (χ2v) is 6.85. The number of halogens is 2. The summed E-state index contributed by atoms with van der Waals surface area (Å²) in [5.74, 6) is 0.430. The molecule has 0 aliphatic carbocycles. The molecule has 2 aromatic carbocycles. The number of aromatic nitrogens is 2. The fourth-order valence-electron chi connectivity index (χ4n) is 2.52. The molecular weight excluding hydrogens is 429 g/mol. The third-order valence-electron chi connectivity index (χ3n) is 3.95. The molecule has 0 saturated heterocycles. The van der Waals surface area contributed by atoms with Crippen molar-refractivity contribution in [2.45, 2.75) is 13.3 Å². The van der Waals surface area contributed by atoms with E-state index in [4.69, 9.17) is 10.5 Å². The molecule has 1 amide bonds. The Labute approximate surface area is 169 Å². The Morgan fingerprint density at radius 3 is 2.86 bits per heavy atom. The molecule has 1 aromatic heterocycles. The van der Waals surface area contributed by atoms with Crippen molar-refractivity contribution in [3.8, 4) is 5.75 Å². The number of carbonyl (C=O) groups is 1. The third-order valence-corrected chi connectivity index (χ3v) is 4.45. The highest BCUT2D eigenvalue weighted by Crippen LogP contribution is 2.32. The first-order valence-electron chi connectivity index (χ1n) is 8.63. The van der Waals surface area contributed by atoms with Crippen LogP contribution in [0.25, 0.3) is 10.9 Å². The Bertz CT molecular complexity index is 1020. The smallest absolute Gasteiger partial charge is 0.219 e. The van der Waals surface area contributed by atoms with Gasteiger partial charge in [-0.1, -0.05) is 22.9 Å². The van der Waals surface area contributed by atoms with Crippen LogP contribution in [-0.4, -0.2) is 29.0 Å². The molecule has 0 fully saturated rings. The Morgan fingerprint density at radius 2 is 2.11 bits per heavy atom. The van der Waals surface area contributed by atoms with Gasteiger partial charge >= 0.3 is 0 Å². The Kier molecular flexibility index (Phi) is 6.25. The van der Waals surface area contributed by atoms with Gasteiger partial charge < -0.3 is 21.1 Å². The zero-order valence-corrected chi connectivity index (χ0v) is 16.7. The number of anilines is 3. The summed E-state index contributed by atoms with van der Waals surface area (Å²) in [5.41, 5.74) is 7.36. The van der Waals surface area contributed by atoms with Gasteiger partial charge in [-0.05, 0) is 24.3 Å². The summed E-state index contributed by atoms with van der Waals surface area (Å²) in [6, 6.07) is 8.07. The van der Waals surface area contributed by atoms with E-state index in [1.54, 1.807) is 31.2 Å². The normalized spacial score (nSPS) is 10.7. The van der Waals surface area contributed by atoms with Crippen LogP contribution < -0.4 is 21.1 Å². The average molecular weight is 448 g/mol. The van der Waals surface area contributed by atoms with E-state index >= 15 is 0 Å². The molecule has 3 rings (SSSR count). The average Bonchev–Trinajstić information content (AvgIpc) is 2.67. The maximum absolute atomic E-state index is 14.1. The maximum Gasteiger partial charge on any atom is 0.219 e. The van der Waals surface area contributed by atoms with Gasteiger partial charge in [0.1, 0.15) is 30.3 Å². The molecule has 3 aromatic rings. The zero-order valence-electron chi connectivity index (χ0n) is 15.1. The van der Waals surface area contributed by atoms with Gasteiger partial charge in [0.25, 0.3) is 0 Å². The lowest BCUT2D eigenvalue weighted by molar-refractivity contribution is -0.120. The van der Waals surface area contributed by atoms with E-state index in [-0.39, 0.29) is 18.2 Å². The molecule has 0 aliphatic rings. The van der Waals surface area contributed by atoms with Crippen molar-refractivity contribution in [2.75, 3.05) is 24.2 Å². The van der Waals surface area contributed by atoms with Crippen molar-refractivity contribution in [1.82, 2.24) is 15.3 Å². The fraction of sp³-hybridized carbons (Fsp3) is 0.211. The molecule has 0 spiro atoms. The molecule has 9 heteroatoms. The first-order valence-corrected chi connectivity index (χ1v) is 9.43. The number of nitrogens with zero attached hydrogens (tertiary/aromatic N) is 2. The second kappa shape index (κ2) is 8.83. The minimum atomic E-state index is -0.414. The number of rotatable bonds is 7. The van der Waals surface area contributed by atoms with Gasteiger partial charge in [0.2, 0.25) is 5.91 Å². The van der Waals surface area contributed by atoms with Crippen LogP contribution in [0, 0.1) is 5.82 Å². The van der Waals surface area contributed by atoms with Gasteiger partial charge in [-0.25, -0.2) is 14.4 Å². The van der Waals surface area contributed by atoms with Crippen LogP contribution >= 0.6 is 15.9 Å². The summed E-state index contributed by atoms with van der Waals surface area (Å²) in [7, 11) is 0. The number of nitrogens with two attached hydrogens (primary N) is 1. The molecule has 0 bridgehead atoms. The van der Waals surface area contributed by atoms with Crippen LogP contribution in [0.1, 0.15) is 13.3 Å². The van der Waals surface area contributed by atoms with Crippen LogP contribution in [0.4, 0.5) is 21.6 Å². The lowest BCUT2D eigenvalue weighted by Gasteiger charge is -2.13. The summed E-state index contributed by atoms with van der Waals surface area (Å²) in [6.07, 6.45) is 1.80. The molecule has 1 heterocycles. The molecule has 28 heavy (non-hydrogen) atoms. The van der Waals surface area contributed by atoms with Crippen molar-refractivity contribution in [3.05, 3.63) is 46.9 Å². The molecule has 0 aliphatic heterocycles. The van der Waals surface area contributed by atoms with Crippen LogP contribution in [0.3, 0.4) is 0 Å². The number of amides is 1. The number of hydrogen-bond acceptors (Lipinski definition) is 6. The SMILES string of the molecule is CCC(=O)NCCOc1cc2ncnc(Nc3ccc(Br)cc3F)c2cc1N. The third kappa shape index (κ3) is 4.66. The van der Waals surface area contributed by atoms with E-state index in [1.165, 1.54) is 12.4 Å². The summed E-state index contributed by atoms with van der Waals surface area (Å²) in [4.78, 5) is 19.7. The van der Waals surface area contributed by atoms with Crippen molar-refractivity contribution >= 4 is 49.9 Å². The minimum absolute atomic E-state index is 0.0429. The number of nitrogen functional groups attached to an aromatic ring is 1. The van der Waals surface area contributed by atoms with Crippen LogP contribution in [-0.2, 0) is 4.79 Å². The number of benzene rings is 2. The molecule has 0 unspecified atom stereocenters. The molecular formula is C19H19BrFN5O2. The van der Waals surface area contributed by atoms with Crippen molar-refractivity contribution in [2.24, 2.45) is 0 Å². The number of hydrogen-bond donors (Lipinski definition) is 3. The molecule has 0 atom stereocenters. The standard InChI is InChI=1S/C19H19BrFN5O2/c1-2-18(27)23-5-6-28-17-9-16-12(8-14(17)22)19(25-10-24-16)26-15-4-3-11(20)7-13(15)21/h3-4,7-10H,2,5-6,22H2,1H3,(H,23,27)(H,24,25,26). The zero-order chi connectivity index (χ0) is 20.1. The molecule has 146 valence electrons. The molecule has 0 radical (unpaired) electrons. The predicted octanol–water partition coefficient (Wildman–Crippen LogP) is 3.76. The van der Waals surface area contributed by atoms with Crippen LogP contribution in [0.5, 0.6) is 5.75 Å². The van der Waals surface area contributed by atoms with Crippen LogP contribution in [0.2, 0.25) is 0 Å². The number of nitrogens with one attached hydrogen (secondary N) is 2. The molecule has 7 nitrogen and oxygen atoms in total. The van der Waals surface area contributed by atoms with E-state index in [0.29, 0.717) is 45.6 Å². The van der Waals surface area contributed by atoms with E-state index < -0.39 is 5.82 Å². The van der Waals surface area contributed by atoms with Crippen LogP contribution in [0.15, 0.2) is 41.1 Å². The monoisotopic (exact) mass is 447 g/mol. The Morgan fingerprint density at radius 1 is 1.29 bits per heavy atom. The highest BCUT2D eigenvalue weighted by atomic mass is 79.9. The summed E-state index contributed by atoms with van der Waals surface area (Å²) < 4.78 is 20.4. The second-order valence-electron chi connectivity index (χ2n) is 5.93. The van der Waals surface area contributed by atoms with Gasteiger partial charge in [0.15, 0.2) is 0 Å². The van der Waals surface area contributed by atoms with E-state index in [0.717, 1.165) is 0 Å². The number of ether oxygens (including phenoxy) is 1. The summed E-state index contributed by atoms with van der Waals surface area (Å²) in [6.45, 7) is 2.44. The fourth-order valence-corrected chi connectivity index (χ4v) is 2.85. The first kappa shape index (κ1) is 19.8. The maximum atomic E-state index is 14.1. The molecule has 4 N–H and O–H groups in total. The number of fused-ring (bicyclic) bond motifs is 1. The van der Waals surface area contributed by atoms with Gasteiger partial charge in [-0.3, -0.25) is 4.79 Å². The largest absolute Gasteiger partial charge is 0.490 e. The Balaban J connectivity index is 1.81. The van der Waals surface area contributed by atoms with Gasteiger partial charge in [0, 0.05) is 22.3 Å². The highest BCUT2D eigenvalue weighted by molar-refractivity contribution is 9.10. The van der Waals surface area contributed by atoms with Crippen molar-refractivity contribution in [1.29, 1.82) is 0 Å². The molecule has 0 saturated carbocycles. The first-order chi connectivity index (χ1) is 13.5. The quantitative estimate of drug-likeness (QED) is 0.376. The van der Waals surface area contributed by atoms with Crippen molar-refractivity contribution < 1.29 is 13.9 Å². The lowest BCUT2D eigenvalue weighted by Crippen LogP contribution is -2.27. The topological polar surface area (TPSA) is 102 Å². The van der Waals surface area contributed by atoms with Gasteiger partial charge in [0.05, 0.1) is 23.4 Å². The minimum Gasteiger partial charge on any atom is -0.490 e. The van der Waals surface area contributed by atoms with E-state index in [1.807, 2.05) is 0 Å². The van der Waals surface area contributed by atoms with E-state index in [2.05, 4.69) is 36.5 Å². The van der Waals surface area contributed by atoms with Gasteiger partial charge in [-0.2, -0.15) is 0 Å². The Hall–Kier alpha value is -2.94. The predicted molar refractivity (Wildman–Crippen MR) is 110 cm³/mol. The summed E-state index contributed by atoms with van der Waals surface area (Å²) in [5, 5.41) is 6.33. The number of carbonyl (C=O) groups excluding carboxylic acids is 1. The van der Waals surface area contributed by atoms with E-state index in [9.17, 15) is 9.18 Å². The van der Waals surface area contributed by atoms with Gasteiger partial charge in [-0.15, -0.1) is 0 Å². The van der Waals surface area contributed by atoms with Crippen molar-refractivity contribution in [3.63, 3.8) is 0 Å². The highest BCUT2D eigenvalue weighted by Gasteiger charge is 2.11. The summed E-state index contributed by atoms with van der Waals surface area (Å²) >= 11 is 3.23. The lowest BCUT2D eigenvalue weighted by atomic mass is 10.2.